The van der Waals surface area contributed by atoms with Crippen molar-refractivity contribution >= 4 is 18.0 Å². The number of nitrogens with zero attached hydrogens (tertiary/aromatic N) is 3. The number of aromatic nitrogens is 2. The molecular weight excluding hydrogens is 237 g/mol. The molecule has 0 N–H and O–H groups in total. The minimum Gasteiger partial charge on any atom is -0.358 e. The van der Waals surface area contributed by atoms with Crippen molar-refractivity contribution in [2.45, 2.75) is 0 Å². The van der Waals surface area contributed by atoms with Crippen molar-refractivity contribution in [1.29, 1.82) is 0 Å². The van der Waals surface area contributed by atoms with Gasteiger partial charge in [0.2, 0.25) is 5.82 Å². The van der Waals surface area contributed by atoms with Gasteiger partial charge in [-0.05, 0) is 28.7 Å². The van der Waals surface area contributed by atoms with Crippen LogP contribution in [0.4, 0.5) is 10.2 Å². The zero-order valence-electron chi connectivity index (χ0n) is 9.58. The molecule has 0 atom stereocenters. The zero-order chi connectivity index (χ0) is 13.1. The summed E-state index contributed by atoms with van der Waals surface area (Å²) in [5, 5.41) is 10.6. The molecule has 0 saturated heterocycles. The molecule has 0 aliphatic rings. The van der Waals surface area contributed by atoms with Gasteiger partial charge in [-0.15, -0.1) is 0 Å². The van der Waals surface area contributed by atoms with Crippen molar-refractivity contribution in [3.63, 3.8) is 0 Å². The van der Waals surface area contributed by atoms with Crippen LogP contribution >= 0.6 is 0 Å². The third-order valence-corrected chi connectivity index (χ3v) is 2.46. The minimum absolute atomic E-state index is 0.0890. The number of hydrogen-bond donors (Lipinski definition) is 0. The molecule has 2 rings (SSSR count). The molecule has 0 saturated carbocycles. The Labute approximate surface area is 102 Å². The molecule has 0 spiro atoms. The second-order valence-electron chi connectivity index (χ2n) is 3.68. The molecule has 0 bridgehead atoms. The lowest BCUT2D eigenvalue weighted by atomic mass is 10.2. The number of halogens is 1. The van der Waals surface area contributed by atoms with Gasteiger partial charge in [0.15, 0.2) is 0 Å². The van der Waals surface area contributed by atoms with Gasteiger partial charge in [-0.2, -0.15) is 0 Å². The van der Waals surface area contributed by atoms with Crippen LogP contribution in [0.3, 0.4) is 0 Å². The highest BCUT2D eigenvalue weighted by Gasteiger charge is 2.13. The van der Waals surface area contributed by atoms with Crippen LogP contribution in [0.5, 0.6) is 0 Å². The maximum absolute atomic E-state index is 12.9. The molecule has 5 nitrogen and oxygen atoms in total. The third-order valence-electron chi connectivity index (χ3n) is 2.46. The van der Waals surface area contributed by atoms with Crippen LogP contribution in [0.2, 0.25) is 0 Å². The van der Waals surface area contributed by atoms with Crippen LogP contribution in [0.25, 0.3) is 12.2 Å². The van der Waals surface area contributed by atoms with Crippen LogP contribution in [0.1, 0.15) is 11.4 Å². The highest BCUT2D eigenvalue weighted by molar-refractivity contribution is 5.67. The Balaban J connectivity index is 2.27. The summed E-state index contributed by atoms with van der Waals surface area (Å²) in [6, 6.07) is 6.05. The molecule has 0 unspecified atom stereocenters. The lowest BCUT2D eigenvalue weighted by Gasteiger charge is -1.95. The average molecular weight is 247 g/mol. The van der Waals surface area contributed by atoms with Gasteiger partial charge in [0.1, 0.15) is 12.0 Å². The van der Waals surface area contributed by atoms with E-state index in [2.05, 4.69) is 4.98 Å². The predicted octanol–water partition coefficient (Wildman–Crippen LogP) is 2.64. The van der Waals surface area contributed by atoms with Gasteiger partial charge in [-0.25, -0.2) is 13.9 Å². The summed E-state index contributed by atoms with van der Waals surface area (Å²) in [7, 11) is 1.55. The van der Waals surface area contributed by atoms with Gasteiger partial charge in [0.25, 0.3) is 0 Å². The van der Waals surface area contributed by atoms with Gasteiger partial charge in [0, 0.05) is 6.08 Å². The Bertz CT molecular complexity index is 620. The summed E-state index contributed by atoms with van der Waals surface area (Å²) in [6.07, 6.45) is 4.43. The van der Waals surface area contributed by atoms with Crippen molar-refractivity contribution in [3.8, 4) is 0 Å². The van der Waals surface area contributed by atoms with E-state index in [1.807, 2.05) is 0 Å². The van der Waals surface area contributed by atoms with Gasteiger partial charge in [0.05, 0.1) is 7.05 Å². The molecule has 0 amide bonds. The van der Waals surface area contributed by atoms with Crippen molar-refractivity contribution in [1.82, 2.24) is 9.55 Å². The van der Waals surface area contributed by atoms with E-state index in [0.29, 0.717) is 11.4 Å². The number of hydrogen-bond acceptors (Lipinski definition) is 3. The fourth-order valence-electron chi connectivity index (χ4n) is 1.52. The molecule has 2 aromatic rings. The summed E-state index contributed by atoms with van der Waals surface area (Å²) >= 11 is 0. The summed E-state index contributed by atoms with van der Waals surface area (Å²) in [6.45, 7) is 0. The van der Waals surface area contributed by atoms with Gasteiger partial charge in [-0.3, -0.25) is 0 Å². The first-order chi connectivity index (χ1) is 8.58. The van der Waals surface area contributed by atoms with Crippen molar-refractivity contribution in [2.24, 2.45) is 7.05 Å². The van der Waals surface area contributed by atoms with E-state index in [1.165, 1.54) is 22.9 Å². The lowest BCUT2D eigenvalue weighted by molar-refractivity contribution is -0.391. The second kappa shape index (κ2) is 4.79. The van der Waals surface area contributed by atoms with Crippen LogP contribution in [0, 0.1) is 15.9 Å². The molecule has 6 heteroatoms. The molecule has 0 aliphatic carbocycles. The van der Waals surface area contributed by atoms with E-state index >= 15 is 0 Å². The molecule has 0 aliphatic heterocycles. The topological polar surface area (TPSA) is 61.0 Å². The van der Waals surface area contributed by atoms with Gasteiger partial charge in [-0.1, -0.05) is 12.1 Å². The maximum Gasteiger partial charge on any atom is 0.342 e. The molecular formula is C12H10FN3O2. The fourth-order valence-corrected chi connectivity index (χ4v) is 1.52. The van der Waals surface area contributed by atoms with Gasteiger partial charge >= 0.3 is 5.82 Å². The highest BCUT2D eigenvalue weighted by Crippen LogP contribution is 2.14. The van der Waals surface area contributed by atoms with E-state index < -0.39 is 4.92 Å². The van der Waals surface area contributed by atoms with E-state index in [9.17, 15) is 14.5 Å². The standard InChI is InChI=1S/C12H10FN3O2/c1-15-11(14-8-12(15)16(17)18)6-5-9-3-2-4-10(13)7-9/h2-8H,1H3/b6-5+. The summed E-state index contributed by atoms with van der Waals surface area (Å²) < 4.78 is 14.3. The lowest BCUT2D eigenvalue weighted by Crippen LogP contribution is -1.98. The van der Waals surface area contributed by atoms with Crippen molar-refractivity contribution < 1.29 is 9.31 Å². The second-order valence-corrected chi connectivity index (χ2v) is 3.68. The summed E-state index contributed by atoms with van der Waals surface area (Å²) in [5.74, 6) is 0.0165. The number of benzene rings is 1. The van der Waals surface area contributed by atoms with E-state index in [-0.39, 0.29) is 11.6 Å². The average Bonchev–Trinajstić information content (AvgIpc) is 2.68. The monoisotopic (exact) mass is 247 g/mol. The first-order valence-corrected chi connectivity index (χ1v) is 5.17. The number of rotatable bonds is 3. The molecule has 1 aromatic heterocycles. The quantitative estimate of drug-likeness (QED) is 0.618. The van der Waals surface area contributed by atoms with Gasteiger partial charge < -0.3 is 10.1 Å². The number of imidazole rings is 1. The Kier molecular flexibility index (Phi) is 3.18. The Morgan fingerprint density at radius 2 is 2.22 bits per heavy atom. The SMILES string of the molecule is Cn1c([N+](=O)[O-])cnc1/C=C/c1cccc(F)c1. The minimum atomic E-state index is -0.507. The number of nitro groups is 1. The van der Waals surface area contributed by atoms with Crippen LogP contribution < -0.4 is 0 Å². The molecule has 1 heterocycles. The zero-order valence-corrected chi connectivity index (χ0v) is 9.58. The Morgan fingerprint density at radius 3 is 2.83 bits per heavy atom. The summed E-state index contributed by atoms with van der Waals surface area (Å²) in [4.78, 5) is 14.0. The molecule has 0 fully saturated rings. The smallest absolute Gasteiger partial charge is 0.342 e. The first kappa shape index (κ1) is 12.0. The maximum atomic E-state index is 12.9. The Morgan fingerprint density at radius 1 is 1.44 bits per heavy atom. The first-order valence-electron chi connectivity index (χ1n) is 5.17. The largest absolute Gasteiger partial charge is 0.358 e. The van der Waals surface area contributed by atoms with Crippen LogP contribution in [-0.4, -0.2) is 14.5 Å². The van der Waals surface area contributed by atoms with E-state index in [0.717, 1.165) is 0 Å². The Hall–Kier alpha value is -2.50. The molecule has 18 heavy (non-hydrogen) atoms. The third kappa shape index (κ3) is 2.42. The van der Waals surface area contributed by atoms with E-state index in [4.69, 9.17) is 0 Å². The highest BCUT2D eigenvalue weighted by atomic mass is 19.1. The normalized spacial score (nSPS) is 11.0. The van der Waals surface area contributed by atoms with Crippen LogP contribution in [-0.2, 0) is 7.05 Å². The molecule has 1 aromatic carbocycles. The van der Waals surface area contributed by atoms with E-state index in [1.54, 1.807) is 31.3 Å². The fraction of sp³-hybridized carbons (Fsp3) is 0.0833. The predicted molar refractivity (Wildman–Crippen MR) is 65.2 cm³/mol. The summed E-state index contributed by atoms with van der Waals surface area (Å²) in [5.41, 5.74) is 0.667. The van der Waals surface area contributed by atoms with Crippen molar-refractivity contribution in [2.75, 3.05) is 0 Å². The molecule has 0 radical (unpaired) electrons. The molecule has 92 valence electrons. The van der Waals surface area contributed by atoms with Crippen LogP contribution in [0.15, 0.2) is 30.5 Å². The van der Waals surface area contributed by atoms with Crippen molar-refractivity contribution in [3.05, 3.63) is 57.8 Å².